The SMILES string of the molecule is CSc1ccc(C(=O)[C@@H]2CCCN(CCNC(N)=O)C2)cc1. The number of benzene rings is 1. The molecule has 1 aromatic rings. The van der Waals surface area contributed by atoms with Crippen LogP contribution in [-0.4, -0.2) is 49.1 Å². The van der Waals surface area contributed by atoms with Gasteiger partial charge in [-0.3, -0.25) is 4.79 Å². The number of rotatable bonds is 6. The lowest BCUT2D eigenvalue weighted by Gasteiger charge is -2.31. The molecule has 1 heterocycles. The Balaban J connectivity index is 1.90. The molecular weight excluding hydrogens is 298 g/mol. The highest BCUT2D eigenvalue weighted by molar-refractivity contribution is 7.98. The molecule has 0 unspecified atom stereocenters. The molecule has 1 saturated heterocycles. The van der Waals surface area contributed by atoms with Gasteiger partial charge in [0.05, 0.1) is 0 Å². The highest BCUT2D eigenvalue weighted by Gasteiger charge is 2.26. The molecule has 5 nitrogen and oxygen atoms in total. The molecule has 1 aromatic carbocycles. The Hall–Kier alpha value is -1.53. The summed E-state index contributed by atoms with van der Waals surface area (Å²) in [5.74, 6) is 0.266. The first-order chi connectivity index (χ1) is 10.6. The highest BCUT2D eigenvalue weighted by Crippen LogP contribution is 2.22. The Labute approximate surface area is 135 Å². The van der Waals surface area contributed by atoms with Crippen LogP contribution in [0.5, 0.6) is 0 Å². The van der Waals surface area contributed by atoms with Crippen molar-refractivity contribution in [3.05, 3.63) is 29.8 Å². The molecule has 2 amide bonds. The molecule has 22 heavy (non-hydrogen) atoms. The average Bonchev–Trinajstić information content (AvgIpc) is 2.54. The number of thioether (sulfide) groups is 1. The van der Waals surface area contributed by atoms with Gasteiger partial charge in [0.2, 0.25) is 0 Å². The monoisotopic (exact) mass is 321 g/mol. The van der Waals surface area contributed by atoms with Crippen LogP contribution in [0.4, 0.5) is 4.79 Å². The minimum absolute atomic E-state index is 0.0439. The number of nitrogens with zero attached hydrogens (tertiary/aromatic N) is 1. The standard InChI is InChI=1S/C16H23N3O2S/c1-22-14-6-4-12(5-7-14)15(20)13-3-2-9-19(11-13)10-8-18-16(17)21/h4-7,13H,2-3,8-11H2,1H3,(H3,17,18,21)/t13-/m1/s1. The van der Waals surface area contributed by atoms with Gasteiger partial charge < -0.3 is 16.0 Å². The van der Waals surface area contributed by atoms with Crippen LogP contribution in [0, 0.1) is 5.92 Å². The van der Waals surface area contributed by atoms with Crippen molar-refractivity contribution < 1.29 is 9.59 Å². The van der Waals surface area contributed by atoms with Gasteiger partial charge >= 0.3 is 6.03 Å². The van der Waals surface area contributed by atoms with Gasteiger partial charge in [-0.15, -0.1) is 11.8 Å². The quantitative estimate of drug-likeness (QED) is 0.620. The van der Waals surface area contributed by atoms with Gasteiger partial charge in [0, 0.05) is 36.0 Å². The van der Waals surface area contributed by atoms with Gasteiger partial charge in [-0.1, -0.05) is 12.1 Å². The van der Waals surface area contributed by atoms with E-state index in [4.69, 9.17) is 5.73 Å². The fourth-order valence-corrected chi connectivity index (χ4v) is 3.21. The van der Waals surface area contributed by atoms with Gasteiger partial charge in [0.25, 0.3) is 0 Å². The van der Waals surface area contributed by atoms with Crippen LogP contribution >= 0.6 is 11.8 Å². The number of amides is 2. The largest absolute Gasteiger partial charge is 0.352 e. The molecule has 0 saturated carbocycles. The third-order valence-electron chi connectivity index (χ3n) is 3.98. The van der Waals surface area contributed by atoms with Crippen molar-refractivity contribution in [2.75, 3.05) is 32.4 Å². The maximum absolute atomic E-state index is 12.6. The number of carbonyl (C=O) groups is 2. The number of piperidine rings is 1. The summed E-state index contributed by atoms with van der Waals surface area (Å²) in [5, 5.41) is 2.59. The first-order valence-electron chi connectivity index (χ1n) is 7.54. The van der Waals surface area contributed by atoms with Crippen LogP contribution < -0.4 is 11.1 Å². The molecule has 0 bridgehead atoms. The van der Waals surface area contributed by atoms with E-state index in [1.807, 2.05) is 30.5 Å². The lowest BCUT2D eigenvalue weighted by Crippen LogP contribution is -2.43. The molecule has 6 heteroatoms. The van der Waals surface area contributed by atoms with Crippen LogP contribution in [0.1, 0.15) is 23.2 Å². The predicted octanol–water partition coefficient (Wildman–Crippen LogP) is 1.97. The topological polar surface area (TPSA) is 75.4 Å². The number of likely N-dealkylation sites (tertiary alicyclic amines) is 1. The summed E-state index contributed by atoms with van der Waals surface area (Å²) in [6, 6.07) is 7.33. The number of nitrogens with two attached hydrogens (primary N) is 1. The van der Waals surface area contributed by atoms with Crippen LogP contribution in [0.25, 0.3) is 0 Å². The van der Waals surface area contributed by atoms with Crippen molar-refractivity contribution in [3.8, 4) is 0 Å². The molecular formula is C16H23N3O2S. The molecule has 0 aliphatic carbocycles. The minimum atomic E-state index is -0.501. The Morgan fingerprint density at radius 3 is 2.73 bits per heavy atom. The summed E-state index contributed by atoms with van der Waals surface area (Å²) in [5.41, 5.74) is 5.85. The van der Waals surface area contributed by atoms with E-state index >= 15 is 0 Å². The number of hydrogen-bond acceptors (Lipinski definition) is 4. The maximum atomic E-state index is 12.6. The molecule has 0 radical (unpaired) electrons. The summed E-state index contributed by atoms with van der Waals surface area (Å²) in [4.78, 5) is 26.7. The van der Waals surface area contributed by atoms with Crippen LogP contribution in [0.15, 0.2) is 29.2 Å². The number of hydrogen-bond donors (Lipinski definition) is 2. The lowest BCUT2D eigenvalue weighted by molar-refractivity contribution is 0.0821. The summed E-state index contributed by atoms with van der Waals surface area (Å²) in [7, 11) is 0. The van der Waals surface area contributed by atoms with E-state index in [1.165, 1.54) is 4.90 Å². The van der Waals surface area contributed by atoms with Gasteiger partial charge in [0.1, 0.15) is 0 Å². The minimum Gasteiger partial charge on any atom is -0.352 e. The Morgan fingerprint density at radius 1 is 1.36 bits per heavy atom. The number of ketones is 1. The normalized spacial score (nSPS) is 18.9. The first-order valence-corrected chi connectivity index (χ1v) is 8.76. The maximum Gasteiger partial charge on any atom is 0.312 e. The van der Waals surface area contributed by atoms with E-state index in [0.717, 1.165) is 38.0 Å². The molecule has 0 spiro atoms. The molecule has 0 aromatic heterocycles. The van der Waals surface area contributed by atoms with Gasteiger partial charge in [-0.2, -0.15) is 0 Å². The second kappa shape index (κ2) is 8.19. The van der Waals surface area contributed by atoms with Crippen molar-refractivity contribution in [2.45, 2.75) is 17.7 Å². The number of primary amides is 1. The number of urea groups is 1. The van der Waals surface area contributed by atoms with Gasteiger partial charge in [0.15, 0.2) is 5.78 Å². The fraction of sp³-hybridized carbons (Fsp3) is 0.500. The third-order valence-corrected chi connectivity index (χ3v) is 4.72. The van der Waals surface area contributed by atoms with Crippen molar-refractivity contribution in [2.24, 2.45) is 11.7 Å². The number of nitrogens with one attached hydrogen (secondary N) is 1. The van der Waals surface area contributed by atoms with Crippen molar-refractivity contribution in [1.29, 1.82) is 0 Å². The van der Waals surface area contributed by atoms with Crippen LogP contribution in [0.2, 0.25) is 0 Å². The third kappa shape index (κ3) is 4.74. The summed E-state index contributed by atoms with van der Waals surface area (Å²) >= 11 is 1.67. The van der Waals surface area contributed by atoms with E-state index in [9.17, 15) is 9.59 Å². The fourth-order valence-electron chi connectivity index (χ4n) is 2.80. The molecule has 3 N–H and O–H groups in total. The zero-order chi connectivity index (χ0) is 15.9. The molecule has 120 valence electrons. The second-order valence-corrected chi connectivity index (χ2v) is 6.40. The van der Waals surface area contributed by atoms with E-state index < -0.39 is 6.03 Å². The van der Waals surface area contributed by atoms with Crippen LogP contribution in [0.3, 0.4) is 0 Å². The van der Waals surface area contributed by atoms with Crippen molar-refractivity contribution >= 4 is 23.6 Å². The second-order valence-electron chi connectivity index (χ2n) is 5.52. The van der Waals surface area contributed by atoms with E-state index in [1.54, 1.807) is 11.8 Å². The predicted molar refractivity (Wildman–Crippen MR) is 89.3 cm³/mol. The summed E-state index contributed by atoms with van der Waals surface area (Å²) in [6.07, 6.45) is 3.97. The Bertz CT molecular complexity index is 519. The number of carbonyl (C=O) groups excluding carboxylic acids is 2. The summed E-state index contributed by atoms with van der Waals surface area (Å²) < 4.78 is 0. The van der Waals surface area contributed by atoms with Gasteiger partial charge in [-0.05, 0) is 37.8 Å². The highest BCUT2D eigenvalue weighted by atomic mass is 32.2. The summed E-state index contributed by atoms with van der Waals surface area (Å²) in [6.45, 7) is 2.98. The Kier molecular flexibility index (Phi) is 6.27. The molecule has 1 fully saturated rings. The Morgan fingerprint density at radius 2 is 2.09 bits per heavy atom. The zero-order valence-electron chi connectivity index (χ0n) is 12.9. The first kappa shape index (κ1) is 16.8. The molecule has 2 rings (SSSR count). The lowest BCUT2D eigenvalue weighted by atomic mass is 9.90. The molecule has 1 aliphatic heterocycles. The van der Waals surface area contributed by atoms with E-state index in [2.05, 4.69) is 10.2 Å². The van der Waals surface area contributed by atoms with E-state index in [-0.39, 0.29) is 11.7 Å². The van der Waals surface area contributed by atoms with Crippen molar-refractivity contribution in [3.63, 3.8) is 0 Å². The smallest absolute Gasteiger partial charge is 0.312 e. The van der Waals surface area contributed by atoms with Crippen molar-refractivity contribution in [1.82, 2.24) is 10.2 Å². The number of Topliss-reactive ketones (excluding diaryl/α,β-unsaturated/α-hetero) is 1. The van der Waals surface area contributed by atoms with Crippen LogP contribution in [-0.2, 0) is 0 Å². The van der Waals surface area contributed by atoms with E-state index in [0.29, 0.717) is 6.54 Å². The molecule has 1 aliphatic rings. The zero-order valence-corrected chi connectivity index (χ0v) is 13.7. The molecule has 1 atom stereocenters. The average molecular weight is 321 g/mol. The van der Waals surface area contributed by atoms with Gasteiger partial charge in [-0.25, -0.2) is 4.79 Å².